The van der Waals surface area contributed by atoms with Crippen LogP contribution >= 0.6 is 0 Å². The molecule has 1 fully saturated rings. The third-order valence-corrected chi connectivity index (χ3v) is 8.82. The summed E-state index contributed by atoms with van der Waals surface area (Å²) >= 11 is 0. The van der Waals surface area contributed by atoms with Crippen molar-refractivity contribution in [2.45, 2.75) is 172 Å². The SMILES string of the molecule is CC/C=C\C/C=C\C/C=C\C/C=C\C/C=C\CC(=O)NC(COC1OC(CO)C(O)C(O)C1O)C(O)/C=C/CCCCCCCCCCCCC. The van der Waals surface area contributed by atoms with Crippen LogP contribution in [-0.2, 0) is 14.3 Å². The average Bonchev–Trinajstić information content (AvgIpc) is 3.13. The van der Waals surface area contributed by atoms with Crippen LogP contribution in [0.2, 0.25) is 0 Å². The van der Waals surface area contributed by atoms with Crippen molar-refractivity contribution in [1.29, 1.82) is 0 Å². The molecule has 7 unspecified atom stereocenters. The maximum atomic E-state index is 12.8. The molecule has 1 rings (SSSR count). The van der Waals surface area contributed by atoms with Crippen molar-refractivity contribution < 1.29 is 39.8 Å². The highest BCUT2D eigenvalue weighted by Gasteiger charge is 2.44. The molecule has 1 amide bonds. The molecule has 6 N–H and O–H groups in total. The van der Waals surface area contributed by atoms with Gasteiger partial charge in [-0.05, 0) is 44.9 Å². The van der Waals surface area contributed by atoms with Crippen LogP contribution in [-0.4, -0.2) is 87.5 Å². The average molecular weight is 718 g/mol. The molecule has 0 radical (unpaired) electrons. The third-order valence-electron chi connectivity index (χ3n) is 8.82. The highest BCUT2D eigenvalue weighted by atomic mass is 16.7. The summed E-state index contributed by atoms with van der Waals surface area (Å²) in [5.41, 5.74) is 0. The number of amides is 1. The molecule has 0 aromatic rings. The topological polar surface area (TPSA) is 149 Å². The van der Waals surface area contributed by atoms with E-state index in [1.807, 2.05) is 18.2 Å². The van der Waals surface area contributed by atoms with E-state index in [4.69, 9.17) is 9.47 Å². The number of hydrogen-bond donors (Lipinski definition) is 6. The zero-order valence-electron chi connectivity index (χ0n) is 31.6. The largest absolute Gasteiger partial charge is 0.394 e. The van der Waals surface area contributed by atoms with E-state index in [2.05, 4.69) is 61.7 Å². The summed E-state index contributed by atoms with van der Waals surface area (Å²) in [4.78, 5) is 12.8. The Morgan fingerprint density at radius 1 is 0.686 bits per heavy atom. The van der Waals surface area contributed by atoms with Gasteiger partial charge in [0.2, 0.25) is 5.91 Å². The number of aliphatic hydroxyl groups excluding tert-OH is 5. The number of carbonyl (C=O) groups is 1. The first-order valence-electron chi connectivity index (χ1n) is 19.7. The summed E-state index contributed by atoms with van der Waals surface area (Å²) in [6, 6.07) is -0.860. The minimum Gasteiger partial charge on any atom is -0.394 e. The van der Waals surface area contributed by atoms with Gasteiger partial charge in [0.1, 0.15) is 24.4 Å². The fourth-order valence-electron chi connectivity index (χ4n) is 5.63. The Balaban J connectivity index is 2.54. The van der Waals surface area contributed by atoms with Crippen LogP contribution < -0.4 is 5.32 Å². The van der Waals surface area contributed by atoms with Gasteiger partial charge in [-0.25, -0.2) is 0 Å². The maximum Gasteiger partial charge on any atom is 0.224 e. The predicted molar refractivity (Wildman–Crippen MR) is 207 cm³/mol. The Morgan fingerprint density at radius 3 is 1.73 bits per heavy atom. The second kappa shape index (κ2) is 32.3. The highest BCUT2D eigenvalue weighted by Crippen LogP contribution is 2.22. The third kappa shape index (κ3) is 23.7. The summed E-state index contributed by atoms with van der Waals surface area (Å²) in [6.07, 6.45) is 35.4. The van der Waals surface area contributed by atoms with Gasteiger partial charge in [0.25, 0.3) is 0 Å². The molecule has 1 aliphatic rings. The summed E-state index contributed by atoms with van der Waals surface area (Å²) in [5.74, 6) is -0.309. The van der Waals surface area contributed by atoms with Crippen LogP contribution in [0, 0.1) is 0 Å². The number of ether oxygens (including phenoxy) is 2. The Labute approximate surface area is 308 Å². The maximum absolute atomic E-state index is 12.8. The molecule has 0 spiro atoms. The van der Waals surface area contributed by atoms with Crippen molar-refractivity contribution in [1.82, 2.24) is 5.32 Å². The van der Waals surface area contributed by atoms with E-state index in [1.165, 1.54) is 57.8 Å². The van der Waals surface area contributed by atoms with Crippen molar-refractivity contribution in [3.05, 3.63) is 72.9 Å². The molecule has 0 aromatic carbocycles. The van der Waals surface area contributed by atoms with Crippen LogP contribution in [0.15, 0.2) is 72.9 Å². The molecule has 0 saturated carbocycles. The summed E-state index contributed by atoms with van der Waals surface area (Å²) in [7, 11) is 0. The van der Waals surface area contributed by atoms with Gasteiger partial charge in [-0.2, -0.15) is 0 Å². The Morgan fingerprint density at radius 2 is 1.20 bits per heavy atom. The molecule has 0 aliphatic carbocycles. The van der Waals surface area contributed by atoms with E-state index in [9.17, 15) is 30.3 Å². The van der Waals surface area contributed by atoms with E-state index in [-0.39, 0.29) is 18.9 Å². The second-order valence-electron chi connectivity index (χ2n) is 13.4. The summed E-state index contributed by atoms with van der Waals surface area (Å²) in [6.45, 7) is 3.55. The Bertz CT molecular complexity index is 1020. The fraction of sp³-hybridized carbons (Fsp3) is 0.690. The van der Waals surface area contributed by atoms with E-state index in [0.717, 1.165) is 44.9 Å². The van der Waals surface area contributed by atoms with Crippen molar-refractivity contribution in [3.63, 3.8) is 0 Å². The lowest BCUT2D eigenvalue weighted by atomic mass is 9.99. The predicted octanol–water partition coefficient (Wildman–Crippen LogP) is 7.05. The number of rotatable bonds is 30. The number of aliphatic hydroxyl groups is 5. The van der Waals surface area contributed by atoms with Crippen LogP contribution in [0.5, 0.6) is 0 Å². The molecule has 9 nitrogen and oxygen atoms in total. The lowest BCUT2D eigenvalue weighted by molar-refractivity contribution is -0.302. The standard InChI is InChI=1S/C42H71NO8/c1-3-5-7-9-11-13-15-17-18-20-22-24-26-28-30-32-38(46)43-35(34-50-42-41(49)40(48)39(47)37(33-44)51-42)36(45)31-29-27-25-23-21-19-16-14-12-10-8-6-4-2/h5,7,11,13,17-18,22,24,28-31,35-37,39-42,44-45,47-49H,3-4,6,8-10,12,14-16,19-21,23,25-27,32-34H2,1-2H3,(H,43,46)/b7-5-,13-11-,18-17-,24-22-,30-28-,31-29+. The minimum absolute atomic E-state index is 0.110. The zero-order valence-corrected chi connectivity index (χ0v) is 31.6. The van der Waals surface area contributed by atoms with E-state index >= 15 is 0 Å². The monoisotopic (exact) mass is 718 g/mol. The molecule has 1 saturated heterocycles. The molecule has 51 heavy (non-hydrogen) atoms. The number of allylic oxidation sites excluding steroid dienone is 10. The first-order chi connectivity index (χ1) is 24.8. The molecule has 0 bridgehead atoms. The molecule has 292 valence electrons. The first kappa shape index (κ1) is 46.7. The molecular formula is C42H71NO8. The summed E-state index contributed by atoms with van der Waals surface area (Å²) in [5, 5.41) is 53.8. The molecule has 1 heterocycles. The first-order valence-corrected chi connectivity index (χ1v) is 19.7. The molecular weight excluding hydrogens is 646 g/mol. The van der Waals surface area contributed by atoms with Crippen molar-refractivity contribution in [2.75, 3.05) is 13.2 Å². The van der Waals surface area contributed by atoms with Gasteiger partial charge in [-0.3, -0.25) is 4.79 Å². The number of nitrogens with one attached hydrogen (secondary N) is 1. The van der Waals surface area contributed by atoms with Crippen molar-refractivity contribution in [3.8, 4) is 0 Å². The normalized spacial score (nSPS) is 22.8. The molecule has 1 aliphatic heterocycles. The lowest BCUT2D eigenvalue weighted by Crippen LogP contribution is -2.60. The molecule has 0 aromatic heterocycles. The highest BCUT2D eigenvalue weighted by molar-refractivity contribution is 5.77. The van der Waals surface area contributed by atoms with Gasteiger partial charge < -0.3 is 40.3 Å². The number of unbranched alkanes of at least 4 members (excludes halogenated alkanes) is 11. The number of carbonyl (C=O) groups excluding carboxylic acids is 1. The Hall–Kier alpha value is -2.37. The fourth-order valence-corrected chi connectivity index (χ4v) is 5.63. The molecule has 7 atom stereocenters. The number of hydrogen-bond acceptors (Lipinski definition) is 8. The summed E-state index contributed by atoms with van der Waals surface area (Å²) < 4.78 is 11.1. The van der Waals surface area contributed by atoms with Gasteiger partial charge in [0.05, 0.1) is 25.4 Å². The van der Waals surface area contributed by atoms with Crippen LogP contribution in [0.3, 0.4) is 0 Å². The van der Waals surface area contributed by atoms with Gasteiger partial charge in [0.15, 0.2) is 6.29 Å². The van der Waals surface area contributed by atoms with Crippen LogP contribution in [0.25, 0.3) is 0 Å². The quantitative estimate of drug-likeness (QED) is 0.0342. The van der Waals surface area contributed by atoms with Gasteiger partial charge in [-0.1, -0.05) is 151 Å². The zero-order chi connectivity index (χ0) is 37.4. The minimum atomic E-state index is -1.58. The van der Waals surface area contributed by atoms with Gasteiger partial charge >= 0.3 is 0 Å². The van der Waals surface area contributed by atoms with Crippen molar-refractivity contribution in [2.24, 2.45) is 0 Å². The van der Waals surface area contributed by atoms with E-state index < -0.39 is 49.5 Å². The van der Waals surface area contributed by atoms with Gasteiger partial charge in [-0.15, -0.1) is 0 Å². The Kier molecular flexibility index (Phi) is 29.5. The smallest absolute Gasteiger partial charge is 0.224 e. The lowest BCUT2D eigenvalue weighted by Gasteiger charge is -2.40. The van der Waals surface area contributed by atoms with E-state index in [0.29, 0.717) is 6.42 Å². The second-order valence-corrected chi connectivity index (χ2v) is 13.4. The van der Waals surface area contributed by atoms with Crippen LogP contribution in [0.4, 0.5) is 0 Å². The molecule has 9 heteroatoms. The van der Waals surface area contributed by atoms with Crippen LogP contribution in [0.1, 0.15) is 129 Å². The van der Waals surface area contributed by atoms with Crippen molar-refractivity contribution >= 4 is 5.91 Å². The van der Waals surface area contributed by atoms with Gasteiger partial charge in [0, 0.05) is 6.42 Å². The van der Waals surface area contributed by atoms with E-state index in [1.54, 1.807) is 12.2 Å².